The highest BCUT2D eigenvalue weighted by Gasteiger charge is 2.48. The summed E-state index contributed by atoms with van der Waals surface area (Å²) in [5, 5.41) is 12.8. The van der Waals surface area contributed by atoms with Crippen molar-refractivity contribution in [2.75, 3.05) is 0 Å². The number of nitrogens with zero attached hydrogens (tertiary/aromatic N) is 2. The van der Waals surface area contributed by atoms with Gasteiger partial charge in [-0.1, -0.05) is 6.07 Å². The number of benzene rings is 1. The molecular formula is C22H18F2N2O2S. The lowest BCUT2D eigenvalue weighted by Crippen LogP contribution is -2.38. The van der Waals surface area contributed by atoms with Crippen LogP contribution in [0.25, 0.3) is 32.2 Å². The zero-order chi connectivity index (χ0) is 20.3. The van der Waals surface area contributed by atoms with Crippen LogP contribution in [0.4, 0.5) is 8.78 Å². The number of hydrogen-bond acceptors (Lipinski definition) is 4. The molecule has 5 rings (SSSR count). The Balaban J connectivity index is 1.49. The summed E-state index contributed by atoms with van der Waals surface area (Å²) in [6.07, 6.45) is 0.325. The van der Waals surface area contributed by atoms with E-state index in [-0.39, 0.29) is 18.4 Å². The number of aliphatic hydroxyl groups excluding tert-OH is 1. The Morgan fingerprint density at radius 2 is 1.97 bits per heavy atom. The van der Waals surface area contributed by atoms with Gasteiger partial charge in [-0.2, -0.15) is 0 Å². The van der Waals surface area contributed by atoms with Crippen LogP contribution < -0.4 is 5.56 Å². The number of aromatic nitrogens is 2. The van der Waals surface area contributed by atoms with Crippen molar-refractivity contribution in [3.8, 4) is 11.3 Å². The molecule has 3 aromatic heterocycles. The van der Waals surface area contributed by atoms with E-state index >= 15 is 0 Å². The van der Waals surface area contributed by atoms with E-state index in [0.717, 1.165) is 26.9 Å². The topological polar surface area (TPSA) is 55.1 Å². The van der Waals surface area contributed by atoms with Crippen LogP contribution in [0.5, 0.6) is 0 Å². The van der Waals surface area contributed by atoms with E-state index in [9.17, 15) is 18.7 Å². The smallest absolute Gasteiger partial charge is 0.258 e. The first-order valence-corrected chi connectivity index (χ1v) is 10.2. The normalized spacial score (nSPS) is 17.5. The highest BCUT2D eigenvalue weighted by molar-refractivity contribution is 7.18. The monoisotopic (exact) mass is 412 g/mol. The molecule has 0 saturated heterocycles. The quantitative estimate of drug-likeness (QED) is 0.521. The highest BCUT2D eigenvalue weighted by Crippen LogP contribution is 2.49. The minimum absolute atomic E-state index is 0.0454. The van der Waals surface area contributed by atoms with Gasteiger partial charge >= 0.3 is 0 Å². The van der Waals surface area contributed by atoms with E-state index in [0.29, 0.717) is 10.3 Å². The van der Waals surface area contributed by atoms with Gasteiger partial charge in [0.15, 0.2) is 0 Å². The predicted octanol–water partition coefficient (Wildman–Crippen LogP) is 4.89. The molecule has 1 aromatic carbocycles. The van der Waals surface area contributed by atoms with Gasteiger partial charge in [0.05, 0.1) is 11.8 Å². The molecule has 1 aliphatic carbocycles. The van der Waals surface area contributed by atoms with Crippen LogP contribution in [0.15, 0.2) is 53.5 Å². The minimum atomic E-state index is -2.65. The van der Waals surface area contributed by atoms with Crippen molar-refractivity contribution >= 4 is 32.3 Å². The fraction of sp³-hybridized carbons (Fsp3) is 0.273. The van der Waals surface area contributed by atoms with Crippen LogP contribution in [0, 0.1) is 5.92 Å². The van der Waals surface area contributed by atoms with Crippen molar-refractivity contribution in [2.45, 2.75) is 24.9 Å². The molecule has 1 unspecified atom stereocenters. The van der Waals surface area contributed by atoms with E-state index in [2.05, 4.69) is 0 Å². The third kappa shape index (κ3) is 3.14. The Bertz CT molecular complexity index is 1300. The fourth-order valence-corrected chi connectivity index (χ4v) is 5.02. The van der Waals surface area contributed by atoms with E-state index in [1.807, 2.05) is 36.4 Å². The van der Waals surface area contributed by atoms with Gasteiger partial charge in [0.1, 0.15) is 4.83 Å². The second-order valence-corrected chi connectivity index (χ2v) is 8.80. The Kier molecular flexibility index (Phi) is 4.08. The molecule has 0 bridgehead atoms. The molecule has 29 heavy (non-hydrogen) atoms. The van der Waals surface area contributed by atoms with Crippen molar-refractivity contribution in [2.24, 2.45) is 13.0 Å². The van der Waals surface area contributed by atoms with E-state index in [1.165, 1.54) is 11.3 Å². The average Bonchev–Trinajstić information content (AvgIpc) is 3.11. The zero-order valence-electron chi connectivity index (χ0n) is 15.6. The number of aliphatic hydroxyl groups is 1. The van der Waals surface area contributed by atoms with E-state index in [4.69, 9.17) is 4.98 Å². The maximum atomic E-state index is 13.1. The molecule has 148 valence electrons. The SMILES string of the molecule is Cn1ccc2cc(-c3ccc4cc(C(O)C5CC(F)(F)C5)sc4n3)ccc2c1=O. The van der Waals surface area contributed by atoms with Crippen molar-refractivity contribution in [1.29, 1.82) is 0 Å². The summed E-state index contributed by atoms with van der Waals surface area (Å²) in [6.45, 7) is 0. The van der Waals surface area contributed by atoms with Crippen molar-refractivity contribution in [3.05, 3.63) is 63.9 Å². The first-order valence-electron chi connectivity index (χ1n) is 9.37. The number of aryl methyl sites for hydroxylation is 1. The summed E-state index contributed by atoms with van der Waals surface area (Å²) < 4.78 is 27.8. The number of hydrogen-bond donors (Lipinski definition) is 1. The van der Waals surface area contributed by atoms with Crippen LogP contribution in [0.3, 0.4) is 0 Å². The summed E-state index contributed by atoms with van der Waals surface area (Å²) in [7, 11) is 1.72. The lowest BCUT2D eigenvalue weighted by atomic mass is 9.77. The Labute approximate surface area is 169 Å². The Morgan fingerprint density at radius 1 is 1.17 bits per heavy atom. The lowest BCUT2D eigenvalue weighted by molar-refractivity contribution is -0.141. The highest BCUT2D eigenvalue weighted by atomic mass is 32.1. The molecule has 0 spiro atoms. The van der Waals surface area contributed by atoms with Crippen LogP contribution in [0.2, 0.25) is 0 Å². The lowest BCUT2D eigenvalue weighted by Gasteiger charge is -2.37. The molecule has 0 amide bonds. The Hall–Kier alpha value is -2.64. The van der Waals surface area contributed by atoms with Gasteiger partial charge in [-0.15, -0.1) is 11.3 Å². The van der Waals surface area contributed by atoms with Crippen LogP contribution in [-0.2, 0) is 7.05 Å². The molecule has 4 aromatic rings. The Morgan fingerprint density at radius 3 is 2.72 bits per heavy atom. The number of thiophene rings is 1. The fourth-order valence-electron chi connectivity index (χ4n) is 3.91. The average molecular weight is 412 g/mol. The number of halogens is 2. The number of pyridine rings is 2. The molecule has 1 fully saturated rings. The van der Waals surface area contributed by atoms with Gasteiger partial charge in [-0.3, -0.25) is 4.79 Å². The molecule has 1 N–H and O–H groups in total. The number of alkyl halides is 2. The standard InChI is InChI=1S/C22H18F2N2O2S/c1-26-7-6-12-8-13(2-4-16(12)21(26)28)17-5-3-14-9-18(29-20(14)25-17)19(27)15-10-22(23,24)11-15/h2-9,15,19,27H,10-11H2,1H3. The maximum absolute atomic E-state index is 13.1. The predicted molar refractivity (Wildman–Crippen MR) is 110 cm³/mol. The van der Waals surface area contributed by atoms with Gasteiger partial charge in [0.2, 0.25) is 5.92 Å². The van der Waals surface area contributed by atoms with Gasteiger partial charge in [-0.25, -0.2) is 13.8 Å². The third-order valence-electron chi connectivity index (χ3n) is 5.64. The van der Waals surface area contributed by atoms with Crippen LogP contribution in [0.1, 0.15) is 23.8 Å². The van der Waals surface area contributed by atoms with Crippen molar-refractivity contribution < 1.29 is 13.9 Å². The maximum Gasteiger partial charge on any atom is 0.258 e. The van der Waals surface area contributed by atoms with E-state index < -0.39 is 17.9 Å². The van der Waals surface area contributed by atoms with Crippen molar-refractivity contribution in [3.63, 3.8) is 0 Å². The van der Waals surface area contributed by atoms with Gasteiger partial charge in [0, 0.05) is 53.2 Å². The summed E-state index contributed by atoms with van der Waals surface area (Å²) in [6, 6.07) is 13.2. The third-order valence-corrected chi connectivity index (χ3v) is 6.75. The molecule has 7 heteroatoms. The van der Waals surface area contributed by atoms with Crippen LogP contribution in [-0.4, -0.2) is 20.6 Å². The molecule has 1 saturated carbocycles. The first kappa shape index (κ1) is 18.4. The molecule has 1 atom stereocenters. The second-order valence-electron chi connectivity index (χ2n) is 7.74. The van der Waals surface area contributed by atoms with E-state index in [1.54, 1.807) is 23.9 Å². The molecule has 1 aliphatic rings. The van der Waals surface area contributed by atoms with Gasteiger partial charge in [-0.05, 0) is 41.8 Å². The number of rotatable bonds is 3. The molecule has 3 heterocycles. The van der Waals surface area contributed by atoms with Crippen molar-refractivity contribution in [1.82, 2.24) is 9.55 Å². The second kappa shape index (κ2) is 6.43. The summed E-state index contributed by atoms with van der Waals surface area (Å²) in [4.78, 5) is 18.4. The summed E-state index contributed by atoms with van der Waals surface area (Å²) >= 11 is 1.34. The summed E-state index contributed by atoms with van der Waals surface area (Å²) in [5.74, 6) is -3.05. The summed E-state index contributed by atoms with van der Waals surface area (Å²) in [5.41, 5.74) is 1.61. The number of fused-ring (bicyclic) bond motifs is 2. The molecular weight excluding hydrogens is 394 g/mol. The molecule has 0 aliphatic heterocycles. The molecule has 4 nitrogen and oxygen atoms in total. The minimum Gasteiger partial charge on any atom is -0.387 e. The van der Waals surface area contributed by atoms with Gasteiger partial charge in [0.25, 0.3) is 5.56 Å². The first-order chi connectivity index (χ1) is 13.8. The van der Waals surface area contributed by atoms with Gasteiger partial charge < -0.3 is 9.67 Å². The molecule has 0 radical (unpaired) electrons. The zero-order valence-corrected chi connectivity index (χ0v) is 16.4. The largest absolute Gasteiger partial charge is 0.387 e. The van der Waals surface area contributed by atoms with Crippen LogP contribution >= 0.6 is 11.3 Å².